The summed E-state index contributed by atoms with van der Waals surface area (Å²) in [6.45, 7) is 10.7. The van der Waals surface area contributed by atoms with E-state index in [9.17, 15) is 13.2 Å². The number of nitrogens with zero attached hydrogens (tertiary/aromatic N) is 1. The van der Waals surface area contributed by atoms with Crippen LogP contribution in [-0.4, -0.2) is 10.7 Å². The Morgan fingerprint density at radius 2 is 1.60 bits per heavy atom. The zero-order valence-corrected chi connectivity index (χ0v) is 18.4. The molecule has 5 heteroatoms. The van der Waals surface area contributed by atoms with E-state index in [1.54, 1.807) is 6.07 Å². The number of unbranched alkanes of at least 4 members (excludes halogenated alkanes) is 7. The number of aromatic nitrogens is 1. The Morgan fingerprint density at radius 3 is 2.23 bits per heavy atom. The van der Waals surface area contributed by atoms with Gasteiger partial charge in [-0.2, -0.15) is 13.2 Å². The fourth-order valence-electron chi connectivity index (χ4n) is 4.52. The maximum absolute atomic E-state index is 13.8. The lowest BCUT2D eigenvalue weighted by molar-refractivity contribution is -0.0688. The highest BCUT2D eigenvalue weighted by atomic mass is 19.4. The predicted molar refractivity (Wildman–Crippen MR) is 121 cm³/mol. The van der Waals surface area contributed by atoms with Crippen molar-refractivity contribution in [3.8, 4) is 0 Å². The first kappa shape index (κ1) is 22.5. The highest BCUT2D eigenvalue weighted by molar-refractivity contribution is 6.04. The molecule has 0 saturated carbocycles. The van der Waals surface area contributed by atoms with Crippen molar-refractivity contribution in [1.82, 2.24) is 4.57 Å². The Bertz CT molecular complexity index is 948. The first-order valence-electron chi connectivity index (χ1n) is 11.1. The van der Waals surface area contributed by atoms with Crippen LogP contribution < -0.4 is 5.32 Å². The van der Waals surface area contributed by atoms with Gasteiger partial charge in [-0.05, 0) is 44.0 Å². The molecule has 0 radical (unpaired) electrons. The molecule has 0 bridgehead atoms. The van der Waals surface area contributed by atoms with Crippen LogP contribution in [0.1, 0.15) is 75.1 Å². The smallest absolute Gasteiger partial charge is 0.355 e. The molecule has 0 fully saturated rings. The molecule has 0 spiro atoms. The second kappa shape index (κ2) is 9.32. The van der Waals surface area contributed by atoms with Gasteiger partial charge in [0.05, 0.1) is 5.57 Å². The third-order valence-electron chi connectivity index (χ3n) is 6.22. The Balaban J connectivity index is 1.84. The standard InChI is InChI=1S/C25H33F3N2/c1-5-6-7-8-9-10-11-12-15-30-19(4)18(3)23-22(30)14-13-21-24(23)20(25(26,27)28)16-17(2)29-21/h13-14,16,29H,2,5-12,15H2,1,3-4H3. The Kier molecular flexibility index (Phi) is 6.99. The number of allylic oxidation sites excluding steroid dienone is 2. The minimum Gasteiger partial charge on any atom is -0.355 e. The minimum atomic E-state index is -4.42. The SMILES string of the molecule is C=C1C=C(C(F)(F)F)c2c(ccc3c2c(C)c(C)n3CCCCCCCCCC)N1. The topological polar surface area (TPSA) is 17.0 Å². The molecular formula is C25H33F3N2. The number of nitrogens with one attached hydrogen (secondary N) is 1. The Hall–Kier alpha value is -2.17. The van der Waals surface area contributed by atoms with Gasteiger partial charge in [-0.1, -0.05) is 58.4 Å². The van der Waals surface area contributed by atoms with Crippen LogP contribution in [0.4, 0.5) is 18.9 Å². The summed E-state index contributed by atoms with van der Waals surface area (Å²) in [7, 11) is 0. The lowest BCUT2D eigenvalue weighted by Crippen LogP contribution is -2.17. The normalized spacial score (nSPS) is 14.1. The molecule has 0 amide bonds. The summed E-state index contributed by atoms with van der Waals surface area (Å²) in [5.41, 5.74) is 3.24. The molecule has 0 atom stereocenters. The molecule has 1 aliphatic heterocycles. The number of fused-ring (bicyclic) bond motifs is 3. The maximum atomic E-state index is 13.8. The molecule has 1 aromatic heterocycles. The van der Waals surface area contributed by atoms with Gasteiger partial charge < -0.3 is 9.88 Å². The number of hydrogen-bond donors (Lipinski definition) is 1. The van der Waals surface area contributed by atoms with Crippen LogP contribution >= 0.6 is 0 Å². The summed E-state index contributed by atoms with van der Waals surface area (Å²) in [5, 5.41) is 3.71. The first-order chi connectivity index (χ1) is 14.3. The zero-order chi connectivity index (χ0) is 21.9. The molecule has 2 aromatic rings. The van der Waals surface area contributed by atoms with Gasteiger partial charge in [0, 0.05) is 40.1 Å². The largest absolute Gasteiger partial charge is 0.417 e. The molecule has 30 heavy (non-hydrogen) atoms. The van der Waals surface area contributed by atoms with Crippen LogP contribution in [-0.2, 0) is 6.54 Å². The molecule has 164 valence electrons. The second-order valence-electron chi connectivity index (χ2n) is 8.43. The lowest BCUT2D eigenvalue weighted by Gasteiger charge is -2.24. The molecule has 1 aromatic carbocycles. The third-order valence-corrected chi connectivity index (χ3v) is 6.22. The molecule has 2 heterocycles. The number of alkyl halides is 3. The average molecular weight is 419 g/mol. The van der Waals surface area contributed by atoms with Crippen LogP contribution in [0.3, 0.4) is 0 Å². The van der Waals surface area contributed by atoms with E-state index in [1.807, 2.05) is 19.9 Å². The monoisotopic (exact) mass is 418 g/mol. The number of rotatable bonds is 9. The quantitative estimate of drug-likeness (QED) is 0.405. The van der Waals surface area contributed by atoms with Crippen LogP contribution in [0.15, 0.2) is 30.5 Å². The zero-order valence-electron chi connectivity index (χ0n) is 18.4. The van der Waals surface area contributed by atoms with Gasteiger partial charge in [-0.15, -0.1) is 0 Å². The van der Waals surface area contributed by atoms with Gasteiger partial charge in [-0.3, -0.25) is 0 Å². The van der Waals surface area contributed by atoms with E-state index in [2.05, 4.69) is 23.4 Å². The molecule has 0 aliphatic carbocycles. The molecule has 3 rings (SSSR count). The van der Waals surface area contributed by atoms with Crippen molar-refractivity contribution in [2.24, 2.45) is 0 Å². The fourth-order valence-corrected chi connectivity index (χ4v) is 4.52. The van der Waals surface area contributed by atoms with Crippen molar-refractivity contribution in [2.45, 2.75) is 84.9 Å². The molecular weight excluding hydrogens is 385 g/mol. The van der Waals surface area contributed by atoms with E-state index in [0.29, 0.717) is 11.1 Å². The fraction of sp³-hybridized carbons (Fsp3) is 0.520. The van der Waals surface area contributed by atoms with E-state index in [0.717, 1.165) is 42.2 Å². The Morgan fingerprint density at radius 1 is 0.967 bits per heavy atom. The van der Waals surface area contributed by atoms with E-state index in [1.165, 1.54) is 38.5 Å². The summed E-state index contributed by atoms with van der Waals surface area (Å²) in [6, 6.07) is 3.70. The molecule has 1 aliphatic rings. The number of anilines is 1. The molecule has 0 saturated heterocycles. The maximum Gasteiger partial charge on any atom is 0.417 e. The summed E-state index contributed by atoms with van der Waals surface area (Å²) in [4.78, 5) is 0. The van der Waals surface area contributed by atoms with Crippen molar-refractivity contribution in [1.29, 1.82) is 0 Å². The number of halogens is 3. The third kappa shape index (κ3) is 4.60. The van der Waals surface area contributed by atoms with Crippen molar-refractivity contribution in [3.05, 3.63) is 47.3 Å². The van der Waals surface area contributed by atoms with E-state index in [-0.39, 0.29) is 11.3 Å². The van der Waals surface area contributed by atoms with Crippen molar-refractivity contribution in [3.63, 3.8) is 0 Å². The van der Waals surface area contributed by atoms with Gasteiger partial charge in [0.2, 0.25) is 0 Å². The summed E-state index contributed by atoms with van der Waals surface area (Å²) in [6.07, 6.45) is 6.59. The van der Waals surface area contributed by atoms with Crippen LogP contribution in [0.2, 0.25) is 0 Å². The first-order valence-corrected chi connectivity index (χ1v) is 11.1. The van der Waals surface area contributed by atoms with Gasteiger partial charge in [0.25, 0.3) is 0 Å². The van der Waals surface area contributed by atoms with Crippen molar-refractivity contribution in [2.75, 3.05) is 5.32 Å². The number of aryl methyl sites for hydroxylation is 2. The number of hydrogen-bond acceptors (Lipinski definition) is 1. The summed E-state index contributed by atoms with van der Waals surface area (Å²) < 4.78 is 43.6. The van der Waals surface area contributed by atoms with Gasteiger partial charge >= 0.3 is 6.18 Å². The highest BCUT2D eigenvalue weighted by Gasteiger charge is 2.39. The average Bonchev–Trinajstić information content (AvgIpc) is 2.93. The van der Waals surface area contributed by atoms with E-state index in [4.69, 9.17) is 0 Å². The molecule has 2 nitrogen and oxygen atoms in total. The predicted octanol–water partition coefficient (Wildman–Crippen LogP) is 8.28. The van der Waals surface area contributed by atoms with Crippen LogP contribution in [0.5, 0.6) is 0 Å². The van der Waals surface area contributed by atoms with Gasteiger partial charge in [0.15, 0.2) is 0 Å². The van der Waals surface area contributed by atoms with E-state index >= 15 is 0 Å². The number of benzene rings is 1. The van der Waals surface area contributed by atoms with Crippen molar-refractivity contribution >= 4 is 22.2 Å². The minimum absolute atomic E-state index is 0.252. The highest BCUT2D eigenvalue weighted by Crippen LogP contribution is 2.46. The van der Waals surface area contributed by atoms with Gasteiger partial charge in [-0.25, -0.2) is 0 Å². The van der Waals surface area contributed by atoms with Crippen molar-refractivity contribution < 1.29 is 13.2 Å². The van der Waals surface area contributed by atoms with Gasteiger partial charge in [0.1, 0.15) is 0 Å². The molecule has 0 unspecified atom stereocenters. The van der Waals surface area contributed by atoms with Crippen LogP contribution in [0.25, 0.3) is 16.5 Å². The second-order valence-corrected chi connectivity index (χ2v) is 8.43. The summed E-state index contributed by atoms with van der Waals surface area (Å²) >= 11 is 0. The lowest BCUT2D eigenvalue weighted by atomic mass is 9.93. The van der Waals surface area contributed by atoms with E-state index < -0.39 is 11.7 Å². The van der Waals surface area contributed by atoms with Crippen LogP contribution in [0, 0.1) is 13.8 Å². The molecule has 1 N–H and O–H groups in total. The summed E-state index contributed by atoms with van der Waals surface area (Å²) in [5.74, 6) is 0. The Labute approximate surface area is 177 Å².